The second kappa shape index (κ2) is 2.32. The quantitative estimate of drug-likeness (QED) is 0.588. The van der Waals surface area contributed by atoms with E-state index in [0.29, 0.717) is 5.92 Å². The largest absolute Gasteiger partial charge is 0.289 e. The smallest absolute Gasteiger partial charge is 0.209 e. The third-order valence-electron chi connectivity index (χ3n) is 3.22. The zero-order valence-corrected chi connectivity index (χ0v) is 7.47. The van der Waals surface area contributed by atoms with E-state index in [1.807, 2.05) is 0 Å². The Morgan fingerprint density at radius 1 is 1.18 bits per heavy atom. The summed E-state index contributed by atoms with van der Waals surface area (Å²) in [6.45, 7) is 0. The highest BCUT2D eigenvalue weighted by atomic mass is 31.2. The highest BCUT2D eigenvalue weighted by Gasteiger charge is 2.45. The Hall–Kier alpha value is 0.150. The first kappa shape index (κ1) is 7.78. The van der Waals surface area contributed by atoms with E-state index in [1.165, 1.54) is 19.3 Å². The first-order chi connectivity index (χ1) is 5.07. The molecule has 0 aliphatic heterocycles. The van der Waals surface area contributed by atoms with Crippen LogP contribution in [0.5, 0.6) is 0 Å². The molecule has 0 heterocycles. The van der Waals surface area contributed by atoms with Gasteiger partial charge in [-0.2, -0.15) is 0 Å². The molecule has 2 rings (SSSR count). The molecule has 3 unspecified atom stereocenters. The van der Waals surface area contributed by atoms with Crippen molar-refractivity contribution in [3.8, 4) is 0 Å². The van der Waals surface area contributed by atoms with E-state index in [2.05, 4.69) is 0 Å². The van der Waals surface area contributed by atoms with Gasteiger partial charge in [0.1, 0.15) is 0 Å². The molecule has 64 valence electrons. The average Bonchev–Trinajstić information content (AvgIpc) is 2.42. The monoisotopic (exact) mass is 174 g/mol. The summed E-state index contributed by atoms with van der Waals surface area (Å²) >= 11 is 0. The molecular formula is C7H15N2OP. The maximum atomic E-state index is 11.4. The summed E-state index contributed by atoms with van der Waals surface area (Å²) in [4.78, 5) is 0. The van der Waals surface area contributed by atoms with E-state index < -0.39 is 7.44 Å². The molecule has 0 spiro atoms. The van der Waals surface area contributed by atoms with Gasteiger partial charge in [0.15, 0.2) is 0 Å². The molecule has 2 fully saturated rings. The van der Waals surface area contributed by atoms with Crippen molar-refractivity contribution in [3.63, 3.8) is 0 Å². The predicted molar refractivity (Wildman–Crippen MR) is 45.2 cm³/mol. The van der Waals surface area contributed by atoms with Crippen molar-refractivity contribution in [2.75, 3.05) is 0 Å². The van der Waals surface area contributed by atoms with Crippen molar-refractivity contribution in [3.05, 3.63) is 0 Å². The van der Waals surface area contributed by atoms with Crippen LogP contribution in [0.25, 0.3) is 0 Å². The van der Waals surface area contributed by atoms with E-state index in [9.17, 15) is 4.57 Å². The molecule has 0 aromatic carbocycles. The van der Waals surface area contributed by atoms with Crippen molar-refractivity contribution in [2.24, 2.45) is 22.8 Å². The van der Waals surface area contributed by atoms with Crippen molar-refractivity contribution in [1.82, 2.24) is 0 Å². The summed E-state index contributed by atoms with van der Waals surface area (Å²) in [5.41, 5.74) is 11.1. The van der Waals surface area contributed by atoms with Crippen LogP contribution >= 0.6 is 7.44 Å². The average molecular weight is 174 g/mol. The van der Waals surface area contributed by atoms with Gasteiger partial charge in [-0.1, -0.05) is 6.42 Å². The fraction of sp³-hybridized carbons (Fsp3) is 1.00. The van der Waals surface area contributed by atoms with Gasteiger partial charge in [-0.3, -0.25) is 15.6 Å². The van der Waals surface area contributed by atoms with Gasteiger partial charge in [0.25, 0.3) is 0 Å². The van der Waals surface area contributed by atoms with E-state index >= 15 is 0 Å². The standard InChI is InChI=1S/C7H15N2OP/c8-11(9,10)7-4-5-1-2-6(7)3-5/h5-7H,1-4H2,(H4,8,9,10). The SMILES string of the molecule is NP(N)(=O)C1CC2CCC1C2. The Bertz CT molecular complexity index is 212. The maximum absolute atomic E-state index is 11.4. The number of hydrogen-bond acceptors (Lipinski definition) is 1. The highest BCUT2D eigenvalue weighted by molar-refractivity contribution is 7.59. The molecule has 2 bridgehead atoms. The minimum atomic E-state index is -2.76. The first-order valence-electron chi connectivity index (χ1n) is 4.24. The van der Waals surface area contributed by atoms with Gasteiger partial charge in [-0.15, -0.1) is 0 Å². The Kier molecular flexibility index (Phi) is 1.64. The molecule has 11 heavy (non-hydrogen) atoms. The van der Waals surface area contributed by atoms with Gasteiger partial charge in [0, 0.05) is 5.66 Å². The number of rotatable bonds is 1. The summed E-state index contributed by atoms with van der Waals surface area (Å²) < 4.78 is 11.4. The molecule has 3 nitrogen and oxygen atoms in total. The van der Waals surface area contributed by atoms with Crippen LogP contribution < -0.4 is 11.0 Å². The summed E-state index contributed by atoms with van der Waals surface area (Å²) in [7, 11) is -2.76. The number of hydrogen-bond donors (Lipinski definition) is 2. The lowest BCUT2D eigenvalue weighted by Gasteiger charge is -2.24. The van der Waals surface area contributed by atoms with Gasteiger partial charge in [-0.25, -0.2) is 0 Å². The van der Waals surface area contributed by atoms with Crippen LogP contribution in [0.1, 0.15) is 25.7 Å². The Morgan fingerprint density at radius 2 is 1.91 bits per heavy atom. The molecule has 4 heteroatoms. The van der Waals surface area contributed by atoms with E-state index in [-0.39, 0.29) is 5.66 Å². The predicted octanol–water partition coefficient (Wildman–Crippen LogP) is 1.29. The minimum Gasteiger partial charge on any atom is -0.289 e. The van der Waals surface area contributed by atoms with E-state index in [1.54, 1.807) is 0 Å². The topological polar surface area (TPSA) is 69.1 Å². The normalized spacial score (nSPS) is 43.3. The molecule has 0 radical (unpaired) electrons. The van der Waals surface area contributed by atoms with Crippen LogP contribution in [0.15, 0.2) is 0 Å². The van der Waals surface area contributed by atoms with Gasteiger partial charge in [0.05, 0.1) is 0 Å². The molecule has 4 N–H and O–H groups in total. The van der Waals surface area contributed by atoms with Gasteiger partial charge in [-0.05, 0) is 31.1 Å². The maximum Gasteiger partial charge on any atom is 0.209 e. The Balaban J connectivity index is 2.14. The fourth-order valence-corrected chi connectivity index (χ4v) is 4.26. The molecule has 0 aromatic heterocycles. The van der Waals surface area contributed by atoms with E-state index in [4.69, 9.17) is 11.0 Å². The second-order valence-electron chi connectivity index (χ2n) is 4.01. The van der Waals surface area contributed by atoms with E-state index in [0.717, 1.165) is 12.3 Å². The van der Waals surface area contributed by atoms with Crippen LogP contribution in [0.3, 0.4) is 0 Å². The molecular weight excluding hydrogens is 159 g/mol. The van der Waals surface area contributed by atoms with Crippen LogP contribution in [-0.2, 0) is 4.57 Å². The lowest BCUT2D eigenvalue weighted by atomic mass is 10.0. The van der Waals surface area contributed by atoms with Crippen LogP contribution in [0.4, 0.5) is 0 Å². The fourth-order valence-electron chi connectivity index (χ4n) is 2.71. The second-order valence-corrected chi connectivity index (χ2v) is 6.20. The van der Waals surface area contributed by atoms with Gasteiger partial charge in [0.2, 0.25) is 7.44 Å². The number of nitrogens with two attached hydrogens (primary N) is 2. The van der Waals surface area contributed by atoms with Gasteiger partial charge >= 0.3 is 0 Å². The summed E-state index contributed by atoms with van der Waals surface area (Å²) in [5, 5.41) is 0. The molecule has 0 saturated heterocycles. The molecule has 2 aliphatic carbocycles. The lowest BCUT2D eigenvalue weighted by molar-refractivity contribution is 0.464. The van der Waals surface area contributed by atoms with Crippen molar-refractivity contribution in [2.45, 2.75) is 31.3 Å². The lowest BCUT2D eigenvalue weighted by Crippen LogP contribution is -2.25. The molecule has 2 aliphatic rings. The van der Waals surface area contributed by atoms with Crippen LogP contribution in [0.2, 0.25) is 0 Å². The van der Waals surface area contributed by atoms with Gasteiger partial charge < -0.3 is 0 Å². The molecule has 3 atom stereocenters. The van der Waals surface area contributed by atoms with Crippen molar-refractivity contribution >= 4 is 7.44 Å². The minimum absolute atomic E-state index is 0.154. The molecule has 0 amide bonds. The van der Waals surface area contributed by atoms with Crippen molar-refractivity contribution in [1.29, 1.82) is 0 Å². The highest BCUT2D eigenvalue weighted by Crippen LogP contribution is 2.55. The van der Waals surface area contributed by atoms with Crippen LogP contribution in [-0.4, -0.2) is 5.66 Å². The summed E-state index contributed by atoms with van der Waals surface area (Å²) in [5.74, 6) is 1.37. The third kappa shape index (κ3) is 1.26. The first-order valence-corrected chi connectivity index (χ1v) is 6.15. The Morgan fingerprint density at radius 3 is 2.18 bits per heavy atom. The zero-order valence-electron chi connectivity index (χ0n) is 6.57. The zero-order chi connectivity index (χ0) is 8.06. The molecule has 0 aromatic rings. The molecule has 2 saturated carbocycles. The summed E-state index contributed by atoms with van der Waals surface area (Å²) in [6, 6.07) is 0. The van der Waals surface area contributed by atoms with Crippen LogP contribution in [0, 0.1) is 11.8 Å². The third-order valence-corrected chi connectivity index (χ3v) is 4.89. The Labute approximate surface area is 67.0 Å². The van der Waals surface area contributed by atoms with Crippen molar-refractivity contribution < 1.29 is 4.57 Å². The summed E-state index contributed by atoms with van der Waals surface area (Å²) in [6.07, 6.45) is 4.76. The number of fused-ring (bicyclic) bond motifs is 2.